The molecule has 1 unspecified atom stereocenters. The highest BCUT2D eigenvalue weighted by atomic mass is 16.5. The fourth-order valence-corrected chi connectivity index (χ4v) is 1.55. The van der Waals surface area contributed by atoms with E-state index in [0.29, 0.717) is 17.1 Å². The summed E-state index contributed by atoms with van der Waals surface area (Å²) in [4.78, 5) is 12.0. The molecule has 19 heavy (non-hydrogen) atoms. The number of methoxy groups -OCH3 is 3. The first-order valence-electron chi connectivity index (χ1n) is 5.79. The first kappa shape index (κ1) is 15.3. The summed E-state index contributed by atoms with van der Waals surface area (Å²) >= 11 is 0. The maximum atomic E-state index is 12.0. The van der Waals surface area contributed by atoms with Crippen molar-refractivity contribution in [2.24, 2.45) is 0 Å². The Kier molecular flexibility index (Phi) is 6.11. The summed E-state index contributed by atoms with van der Waals surface area (Å²) in [5, 5.41) is 12.1. The molecule has 1 aromatic carbocycles. The van der Waals surface area contributed by atoms with Gasteiger partial charge in [0.15, 0.2) is 0 Å². The van der Waals surface area contributed by atoms with Crippen LogP contribution in [0.15, 0.2) is 18.2 Å². The van der Waals surface area contributed by atoms with Gasteiger partial charge in [-0.1, -0.05) is 0 Å². The zero-order valence-electron chi connectivity index (χ0n) is 11.3. The average molecular weight is 269 g/mol. The fourth-order valence-electron chi connectivity index (χ4n) is 1.55. The van der Waals surface area contributed by atoms with E-state index in [1.54, 1.807) is 18.2 Å². The van der Waals surface area contributed by atoms with Gasteiger partial charge in [-0.05, 0) is 18.2 Å². The predicted octanol–water partition coefficient (Wildman–Crippen LogP) is 0.441. The Morgan fingerprint density at radius 2 is 2.05 bits per heavy atom. The summed E-state index contributed by atoms with van der Waals surface area (Å²) in [7, 11) is 4.49. The number of amides is 1. The minimum atomic E-state index is -0.745. The number of rotatable bonds is 7. The van der Waals surface area contributed by atoms with E-state index in [9.17, 15) is 9.90 Å². The number of aliphatic hydroxyl groups is 1. The molecule has 0 saturated carbocycles. The molecule has 2 N–H and O–H groups in total. The third kappa shape index (κ3) is 4.42. The molecule has 0 aliphatic heterocycles. The number of carbonyl (C=O) groups excluding carboxylic acids is 1. The number of aliphatic hydroxyl groups excluding tert-OH is 1. The summed E-state index contributed by atoms with van der Waals surface area (Å²) in [6, 6.07) is 4.94. The quantitative estimate of drug-likeness (QED) is 0.751. The third-order valence-corrected chi connectivity index (χ3v) is 2.51. The number of benzene rings is 1. The van der Waals surface area contributed by atoms with Gasteiger partial charge in [0.2, 0.25) is 0 Å². The smallest absolute Gasteiger partial charge is 0.255 e. The van der Waals surface area contributed by atoms with E-state index in [1.165, 1.54) is 21.3 Å². The SMILES string of the molecule is COCC(O)CNC(=O)c1cc(OC)ccc1OC. The van der Waals surface area contributed by atoms with E-state index in [-0.39, 0.29) is 19.1 Å². The van der Waals surface area contributed by atoms with Crippen LogP contribution in [0.2, 0.25) is 0 Å². The third-order valence-electron chi connectivity index (χ3n) is 2.51. The summed E-state index contributed by atoms with van der Waals surface area (Å²) < 4.78 is 15.0. The van der Waals surface area contributed by atoms with Gasteiger partial charge < -0.3 is 24.6 Å². The molecule has 106 valence electrons. The Morgan fingerprint density at radius 3 is 2.63 bits per heavy atom. The lowest BCUT2D eigenvalue weighted by Gasteiger charge is -2.13. The highest BCUT2D eigenvalue weighted by Gasteiger charge is 2.14. The molecular formula is C13H19NO5. The monoisotopic (exact) mass is 269 g/mol. The van der Waals surface area contributed by atoms with Gasteiger partial charge >= 0.3 is 0 Å². The van der Waals surface area contributed by atoms with Gasteiger partial charge in [0, 0.05) is 13.7 Å². The van der Waals surface area contributed by atoms with E-state index in [2.05, 4.69) is 5.32 Å². The van der Waals surface area contributed by atoms with Crippen LogP contribution in [0.5, 0.6) is 11.5 Å². The lowest BCUT2D eigenvalue weighted by Crippen LogP contribution is -2.34. The fraction of sp³-hybridized carbons (Fsp3) is 0.462. The molecule has 1 aromatic rings. The van der Waals surface area contributed by atoms with Crippen LogP contribution >= 0.6 is 0 Å². The second-order valence-electron chi connectivity index (χ2n) is 3.89. The molecule has 0 heterocycles. The van der Waals surface area contributed by atoms with Crippen LogP contribution < -0.4 is 14.8 Å². The minimum absolute atomic E-state index is 0.104. The van der Waals surface area contributed by atoms with Gasteiger partial charge in [-0.15, -0.1) is 0 Å². The van der Waals surface area contributed by atoms with Crippen molar-refractivity contribution in [2.45, 2.75) is 6.10 Å². The van der Waals surface area contributed by atoms with Crippen LogP contribution in [0, 0.1) is 0 Å². The molecule has 0 aliphatic rings. The number of nitrogens with one attached hydrogen (secondary N) is 1. The lowest BCUT2D eigenvalue weighted by atomic mass is 10.1. The van der Waals surface area contributed by atoms with Crippen molar-refractivity contribution in [1.29, 1.82) is 0 Å². The Balaban J connectivity index is 2.74. The molecule has 0 saturated heterocycles. The van der Waals surface area contributed by atoms with E-state index >= 15 is 0 Å². The average Bonchev–Trinajstić information content (AvgIpc) is 2.44. The molecule has 0 spiro atoms. The number of hydrogen-bond donors (Lipinski definition) is 2. The minimum Gasteiger partial charge on any atom is -0.497 e. The van der Waals surface area contributed by atoms with Crippen LogP contribution in [-0.4, -0.2) is 51.6 Å². The highest BCUT2D eigenvalue weighted by molar-refractivity contribution is 5.97. The molecule has 0 radical (unpaired) electrons. The van der Waals surface area contributed by atoms with Gasteiger partial charge in [-0.2, -0.15) is 0 Å². The van der Waals surface area contributed by atoms with Gasteiger partial charge in [-0.3, -0.25) is 4.79 Å². The van der Waals surface area contributed by atoms with Crippen molar-refractivity contribution in [3.05, 3.63) is 23.8 Å². The standard InChI is InChI=1S/C13H19NO5/c1-17-8-9(15)7-14-13(16)11-6-10(18-2)4-5-12(11)19-3/h4-6,9,15H,7-8H2,1-3H3,(H,14,16). The second-order valence-corrected chi connectivity index (χ2v) is 3.89. The molecular weight excluding hydrogens is 250 g/mol. The van der Waals surface area contributed by atoms with Gasteiger partial charge in [0.25, 0.3) is 5.91 Å². The Hall–Kier alpha value is -1.79. The van der Waals surface area contributed by atoms with Gasteiger partial charge in [-0.25, -0.2) is 0 Å². The molecule has 0 aliphatic carbocycles. The Labute approximate surface area is 112 Å². The van der Waals surface area contributed by atoms with E-state index in [0.717, 1.165) is 0 Å². The summed E-state index contributed by atoms with van der Waals surface area (Å²) in [6.07, 6.45) is -0.745. The van der Waals surface area contributed by atoms with Crippen LogP contribution in [0.25, 0.3) is 0 Å². The molecule has 1 amide bonds. The molecule has 0 aromatic heterocycles. The van der Waals surface area contributed by atoms with Crippen molar-refractivity contribution in [1.82, 2.24) is 5.32 Å². The first-order valence-corrected chi connectivity index (χ1v) is 5.79. The Bertz CT molecular complexity index is 421. The predicted molar refractivity (Wildman–Crippen MR) is 69.8 cm³/mol. The molecule has 1 atom stereocenters. The van der Waals surface area contributed by atoms with Crippen molar-refractivity contribution >= 4 is 5.91 Å². The molecule has 1 rings (SSSR count). The number of hydrogen-bond acceptors (Lipinski definition) is 5. The van der Waals surface area contributed by atoms with Crippen LogP contribution in [0.4, 0.5) is 0 Å². The lowest BCUT2D eigenvalue weighted by molar-refractivity contribution is 0.0609. The Morgan fingerprint density at radius 1 is 1.32 bits per heavy atom. The summed E-state index contributed by atoms with van der Waals surface area (Å²) in [5.74, 6) is 0.661. The van der Waals surface area contributed by atoms with Gasteiger partial charge in [0.05, 0.1) is 32.5 Å². The molecule has 0 fully saturated rings. The molecule has 0 bridgehead atoms. The normalized spacial score (nSPS) is 11.8. The largest absolute Gasteiger partial charge is 0.497 e. The van der Waals surface area contributed by atoms with Crippen LogP contribution in [-0.2, 0) is 4.74 Å². The highest BCUT2D eigenvalue weighted by Crippen LogP contribution is 2.23. The van der Waals surface area contributed by atoms with Crippen molar-refractivity contribution in [3.8, 4) is 11.5 Å². The van der Waals surface area contributed by atoms with Crippen molar-refractivity contribution in [3.63, 3.8) is 0 Å². The maximum absolute atomic E-state index is 12.0. The van der Waals surface area contributed by atoms with Crippen molar-refractivity contribution < 1.29 is 24.1 Å². The number of ether oxygens (including phenoxy) is 3. The summed E-state index contributed by atoms with van der Waals surface area (Å²) in [5.41, 5.74) is 0.353. The number of carbonyl (C=O) groups is 1. The second kappa shape index (κ2) is 7.60. The van der Waals surface area contributed by atoms with E-state index in [4.69, 9.17) is 14.2 Å². The zero-order chi connectivity index (χ0) is 14.3. The van der Waals surface area contributed by atoms with Crippen LogP contribution in [0.3, 0.4) is 0 Å². The van der Waals surface area contributed by atoms with Gasteiger partial charge in [0.1, 0.15) is 11.5 Å². The van der Waals surface area contributed by atoms with E-state index < -0.39 is 6.10 Å². The van der Waals surface area contributed by atoms with Crippen LogP contribution in [0.1, 0.15) is 10.4 Å². The first-order chi connectivity index (χ1) is 9.12. The molecule has 6 nitrogen and oxygen atoms in total. The summed E-state index contributed by atoms with van der Waals surface area (Å²) in [6.45, 7) is 0.266. The maximum Gasteiger partial charge on any atom is 0.255 e. The molecule has 6 heteroatoms. The van der Waals surface area contributed by atoms with E-state index in [1.807, 2.05) is 0 Å². The topological polar surface area (TPSA) is 77.0 Å². The zero-order valence-corrected chi connectivity index (χ0v) is 11.3. The van der Waals surface area contributed by atoms with Crippen molar-refractivity contribution in [2.75, 3.05) is 34.5 Å².